The van der Waals surface area contributed by atoms with Crippen LogP contribution in [0.15, 0.2) is 13.7 Å². The molecule has 0 aliphatic heterocycles. The molecule has 1 atom stereocenters. The Morgan fingerprint density at radius 2 is 2.14 bits per heavy atom. The van der Waals surface area contributed by atoms with Crippen LogP contribution in [-0.2, 0) is 0 Å². The van der Waals surface area contributed by atoms with Crippen LogP contribution in [0.2, 0.25) is 0 Å². The average Bonchev–Trinajstić information content (AvgIpc) is 2.42. The van der Waals surface area contributed by atoms with E-state index in [-0.39, 0.29) is 6.04 Å². The molecule has 0 radical (unpaired) electrons. The molecule has 0 aliphatic rings. The second-order valence-electron chi connectivity index (χ2n) is 2.76. The van der Waals surface area contributed by atoms with Crippen molar-refractivity contribution in [2.24, 2.45) is 0 Å². The molecule has 1 aromatic heterocycles. The maximum absolute atomic E-state index is 8.67. The third-order valence-electron chi connectivity index (χ3n) is 1.90. The smallest absolute Gasteiger partial charge is 0.143 e. The molecule has 0 bridgehead atoms. The third-order valence-corrected chi connectivity index (χ3v) is 5.03. The Morgan fingerprint density at radius 3 is 2.50 bits per heavy atom. The number of hydrogen-bond acceptors (Lipinski definition) is 2. The summed E-state index contributed by atoms with van der Waals surface area (Å²) in [5, 5.41) is 13.0. The topological polar surface area (TPSA) is 41.6 Å². The fourth-order valence-electron chi connectivity index (χ4n) is 1.12. The monoisotopic (exact) mass is 383 g/mol. The third kappa shape index (κ3) is 2.38. The van der Waals surface area contributed by atoms with E-state index in [0.717, 1.165) is 20.1 Å². The highest BCUT2D eigenvalue weighted by atomic mass is 79.9. The van der Waals surface area contributed by atoms with Gasteiger partial charge in [0.15, 0.2) is 0 Å². The fourth-order valence-corrected chi connectivity index (χ4v) is 2.56. The van der Waals surface area contributed by atoms with Crippen molar-refractivity contribution in [2.45, 2.75) is 25.8 Å². The minimum atomic E-state index is 0.122. The molecule has 14 heavy (non-hydrogen) atoms. The lowest BCUT2D eigenvalue weighted by molar-refractivity contribution is 0.439. The highest BCUT2D eigenvalue weighted by Crippen LogP contribution is 2.33. The maximum atomic E-state index is 8.67. The highest BCUT2D eigenvalue weighted by Gasteiger charge is 2.17. The Balaban J connectivity index is 3.05. The van der Waals surface area contributed by atoms with Gasteiger partial charge in [0.05, 0.1) is 23.0 Å². The van der Waals surface area contributed by atoms with Gasteiger partial charge in [-0.15, -0.1) is 0 Å². The highest BCUT2D eigenvalue weighted by molar-refractivity contribution is 9.14. The van der Waals surface area contributed by atoms with Gasteiger partial charge in [0.25, 0.3) is 0 Å². The number of nitrogens with zero attached hydrogens (tertiary/aromatic N) is 3. The molecule has 3 nitrogen and oxygen atoms in total. The van der Waals surface area contributed by atoms with Gasteiger partial charge in [-0.2, -0.15) is 10.4 Å². The van der Waals surface area contributed by atoms with Crippen LogP contribution in [0.4, 0.5) is 0 Å². The second kappa shape index (κ2) is 5.29. The number of hydrogen-bond donors (Lipinski definition) is 0. The van der Waals surface area contributed by atoms with Crippen molar-refractivity contribution in [3.63, 3.8) is 0 Å². The van der Waals surface area contributed by atoms with Gasteiger partial charge in [-0.05, 0) is 54.2 Å². The fraction of sp³-hybridized carbons (Fsp3) is 0.500. The average molecular weight is 386 g/mol. The van der Waals surface area contributed by atoms with E-state index >= 15 is 0 Å². The molecule has 1 heterocycles. The number of aromatic nitrogens is 2. The summed E-state index contributed by atoms with van der Waals surface area (Å²) in [5.41, 5.74) is 0. The van der Waals surface area contributed by atoms with Gasteiger partial charge in [-0.3, -0.25) is 4.68 Å². The van der Waals surface area contributed by atoms with Crippen molar-refractivity contribution in [1.29, 1.82) is 5.26 Å². The summed E-state index contributed by atoms with van der Waals surface area (Å²) in [4.78, 5) is 0. The summed E-state index contributed by atoms with van der Waals surface area (Å²) < 4.78 is 4.32. The Bertz CT molecular complexity index is 367. The first-order valence-corrected chi connectivity index (χ1v) is 6.45. The van der Waals surface area contributed by atoms with E-state index in [1.54, 1.807) is 0 Å². The van der Waals surface area contributed by atoms with E-state index in [0.29, 0.717) is 6.42 Å². The summed E-state index contributed by atoms with van der Waals surface area (Å²) in [6.45, 7) is 2.04. The van der Waals surface area contributed by atoms with Crippen molar-refractivity contribution in [3.05, 3.63) is 13.7 Å². The van der Waals surface area contributed by atoms with Gasteiger partial charge in [0.1, 0.15) is 9.21 Å². The molecular formula is C8H8Br3N3. The van der Waals surface area contributed by atoms with Crippen LogP contribution >= 0.6 is 47.8 Å². The summed E-state index contributed by atoms with van der Waals surface area (Å²) in [7, 11) is 0. The van der Waals surface area contributed by atoms with Crippen molar-refractivity contribution in [2.75, 3.05) is 0 Å². The van der Waals surface area contributed by atoms with E-state index in [1.165, 1.54) is 0 Å². The van der Waals surface area contributed by atoms with Crippen molar-refractivity contribution in [3.8, 4) is 6.07 Å². The van der Waals surface area contributed by atoms with Gasteiger partial charge in [-0.1, -0.05) is 6.92 Å². The van der Waals surface area contributed by atoms with Gasteiger partial charge in [-0.25, -0.2) is 0 Å². The van der Waals surface area contributed by atoms with Crippen LogP contribution in [0.25, 0.3) is 0 Å². The molecule has 6 heteroatoms. The van der Waals surface area contributed by atoms with Crippen molar-refractivity contribution in [1.82, 2.24) is 9.78 Å². The first-order chi connectivity index (χ1) is 6.61. The lowest BCUT2D eigenvalue weighted by Gasteiger charge is -2.12. The molecule has 1 unspecified atom stereocenters. The van der Waals surface area contributed by atoms with Crippen LogP contribution in [0.3, 0.4) is 0 Å². The molecule has 76 valence electrons. The molecule has 1 aromatic rings. The van der Waals surface area contributed by atoms with Crippen LogP contribution in [-0.4, -0.2) is 9.78 Å². The lowest BCUT2D eigenvalue weighted by Crippen LogP contribution is -2.09. The second-order valence-corrected chi connectivity index (χ2v) is 5.06. The normalized spacial score (nSPS) is 12.5. The summed E-state index contributed by atoms with van der Waals surface area (Å²) in [5.74, 6) is 0. The molecule has 0 saturated carbocycles. The van der Waals surface area contributed by atoms with E-state index in [9.17, 15) is 0 Å². The zero-order chi connectivity index (χ0) is 10.7. The van der Waals surface area contributed by atoms with Gasteiger partial charge < -0.3 is 0 Å². The van der Waals surface area contributed by atoms with Gasteiger partial charge in [0.2, 0.25) is 0 Å². The predicted octanol–water partition coefficient (Wildman–Crippen LogP) is 4.04. The van der Waals surface area contributed by atoms with Crippen LogP contribution in [0.1, 0.15) is 25.8 Å². The molecular weight excluding hydrogens is 378 g/mol. The van der Waals surface area contributed by atoms with Gasteiger partial charge >= 0.3 is 0 Å². The number of nitriles is 1. The first-order valence-electron chi connectivity index (χ1n) is 4.07. The maximum Gasteiger partial charge on any atom is 0.143 e. The van der Waals surface area contributed by atoms with Crippen LogP contribution in [0.5, 0.6) is 0 Å². The molecule has 0 saturated heterocycles. The van der Waals surface area contributed by atoms with Crippen LogP contribution in [0, 0.1) is 11.3 Å². The molecule has 0 fully saturated rings. The Kier molecular flexibility index (Phi) is 4.61. The number of rotatable bonds is 3. The zero-order valence-electron chi connectivity index (χ0n) is 7.47. The quantitative estimate of drug-likeness (QED) is 0.788. The molecule has 0 spiro atoms. The molecule has 0 N–H and O–H groups in total. The SMILES string of the molecule is CCC(CC#N)n1nc(Br)c(Br)c1Br. The lowest BCUT2D eigenvalue weighted by atomic mass is 10.2. The molecule has 0 amide bonds. The summed E-state index contributed by atoms with van der Waals surface area (Å²) >= 11 is 10.1. The minimum absolute atomic E-state index is 0.122. The first kappa shape index (κ1) is 12.2. The molecule has 0 aliphatic carbocycles. The van der Waals surface area contributed by atoms with E-state index in [1.807, 2.05) is 11.6 Å². The Morgan fingerprint density at radius 1 is 1.50 bits per heavy atom. The molecule has 0 aromatic carbocycles. The predicted molar refractivity (Wildman–Crippen MR) is 64.9 cm³/mol. The van der Waals surface area contributed by atoms with Crippen LogP contribution < -0.4 is 0 Å². The summed E-state index contributed by atoms with van der Waals surface area (Å²) in [6, 6.07) is 2.28. The Hall–Kier alpha value is 0.140. The minimum Gasteiger partial charge on any atom is -0.252 e. The van der Waals surface area contributed by atoms with Gasteiger partial charge in [0, 0.05) is 0 Å². The van der Waals surface area contributed by atoms with Crippen molar-refractivity contribution >= 4 is 47.8 Å². The Labute approximate surface area is 108 Å². The van der Waals surface area contributed by atoms with Crippen molar-refractivity contribution < 1.29 is 0 Å². The molecule has 1 rings (SSSR count). The summed E-state index contributed by atoms with van der Waals surface area (Å²) in [6.07, 6.45) is 1.35. The van der Waals surface area contributed by atoms with E-state index in [4.69, 9.17) is 5.26 Å². The van der Waals surface area contributed by atoms with E-state index < -0.39 is 0 Å². The standard InChI is InChI=1S/C8H8Br3N3/c1-2-5(3-4-12)14-8(11)6(9)7(10)13-14/h5H,2-3H2,1H3. The zero-order valence-corrected chi connectivity index (χ0v) is 12.2. The largest absolute Gasteiger partial charge is 0.252 e. The van der Waals surface area contributed by atoms with E-state index in [2.05, 4.69) is 59.0 Å². The number of halogens is 3.